The largest absolute Gasteiger partial charge is 0.370 e. The van der Waals surface area contributed by atoms with Crippen molar-refractivity contribution < 1.29 is 4.39 Å². The summed E-state index contributed by atoms with van der Waals surface area (Å²) in [6, 6.07) is 15.2. The quantitative estimate of drug-likeness (QED) is 0.372. The van der Waals surface area contributed by atoms with E-state index in [0.717, 1.165) is 24.6 Å². The van der Waals surface area contributed by atoms with E-state index in [-0.39, 0.29) is 29.8 Å². The van der Waals surface area contributed by atoms with Gasteiger partial charge in [-0.15, -0.1) is 24.0 Å². The van der Waals surface area contributed by atoms with Crippen molar-refractivity contribution in [3.63, 3.8) is 0 Å². The molecule has 2 aromatic carbocycles. The summed E-state index contributed by atoms with van der Waals surface area (Å²) in [5.41, 5.74) is 3.52. The minimum Gasteiger partial charge on any atom is -0.370 e. The van der Waals surface area contributed by atoms with E-state index >= 15 is 0 Å². The van der Waals surface area contributed by atoms with Gasteiger partial charge in [-0.2, -0.15) is 11.8 Å². The standard InChI is InChI=1S/C20H25FN4S.HI/c1-22-20(23-14-16-2-6-18(21)7-3-16)24-15-17-4-8-19(9-5-17)25-10-12-26-13-11-25;/h2-9H,10-15H2,1H3,(H2,22,23,24);1H. The van der Waals surface area contributed by atoms with Crippen LogP contribution >= 0.6 is 35.7 Å². The highest BCUT2D eigenvalue weighted by Gasteiger charge is 2.10. The zero-order valence-electron chi connectivity index (χ0n) is 15.5. The molecule has 1 heterocycles. The SMILES string of the molecule is CN=C(NCc1ccc(F)cc1)NCc1ccc(N2CCSCC2)cc1.I. The summed E-state index contributed by atoms with van der Waals surface area (Å²) in [5, 5.41) is 6.56. The van der Waals surface area contributed by atoms with Gasteiger partial charge in [0.2, 0.25) is 0 Å². The Morgan fingerprint density at radius 3 is 2.00 bits per heavy atom. The van der Waals surface area contributed by atoms with E-state index in [2.05, 4.69) is 44.8 Å². The highest BCUT2D eigenvalue weighted by Crippen LogP contribution is 2.19. The molecule has 0 radical (unpaired) electrons. The highest BCUT2D eigenvalue weighted by molar-refractivity contribution is 14.0. The van der Waals surface area contributed by atoms with Crippen LogP contribution in [0.5, 0.6) is 0 Å². The minimum absolute atomic E-state index is 0. The van der Waals surface area contributed by atoms with Gasteiger partial charge >= 0.3 is 0 Å². The number of hydrogen-bond donors (Lipinski definition) is 2. The lowest BCUT2D eigenvalue weighted by molar-refractivity contribution is 0.626. The van der Waals surface area contributed by atoms with Gasteiger partial charge in [-0.1, -0.05) is 24.3 Å². The Balaban J connectivity index is 0.00000261. The third-order valence-corrected chi connectivity index (χ3v) is 5.31. The second-order valence-electron chi connectivity index (χ2n) is 6.17. The van der Waals surface area contributed by atoms with Crippen molar-refractivity contribution in [3.05, 3.63) is 65.5 Å². The summed E-state index contributed by atoms with van der Waals surface area (Å²) in [4.78, 5) is 6.68. The van der Waals surface area contributed by atoms with E-state index in [4.69, 9.17) is 0 Å². The van der Waals surface area contributed by atoms with E-state index in [9.17, 15) is 4.39 Å². The number of halogens is 2. The average molecular weight is 500 g/mol. The summed E-state index contributed by atoms with van der Waals surface area (Å²) < 4.78 is 12.9. The molecule has 27 heavy (non-hydrogen) atoms. The summed E-state index contributed by atoms with van der Waals surface area (Å²) in [6.07, 6.45) is 0. The van der Waals surface area contributed by atoms with Crippen molar-refractivity contribution in [3.8, 4) is 0 Å². The van der Waals surface area contributed by atoms with Crippen molar-refractivity contribution in [2.75, 3.05) is 36.5 Å². The fourth-order valence-corrected chi connectivity index (χ4v) is 3.74. The first-order valence-corrected chi connectivity index (χ1v) is 10.0. The summed E-state index contributed by atoms with van der Waals surface area (Å²) in [5.74, 6) is 2.92. The van der Waals surface area contributed by atoms with Crippen molar-refractivity contribution in [2.24, 2.45) is 4.99 Å². The first-order chi connectivity index (χ1) is 12.7. The first-order valence-electron chi connectivity index (χ1n) is 8.85. The number of nitrogens with one attached hydrogen (secondary N) is 2. The number of benzene rings is 2. The van der Waals surface area contributed by atoms with Crippen LogP contribution in [0.1, 0.15) is 11.1 Å². The fourth-order valence-electron chi connectivity index (χ4n) is 2.84. The highest BCUT2D eigenvalue weighted by atomic mass is 127. The van der Waals surface area contributed by atoms with Crippen LogP contribution in [0.3, 0.4) is 0 Å². The molecule has 1 aliphatic rings. The Morgan fingerprint density at radius 1 is 0.963 bits per heavy atom. The maximum absolute atomic E-state index is 12.9. The van der Waals surface area contributed by atoms with Gasteiger partial charge in [-0.25, -0.2) is 4.39 Å². The lowest BCUT2D eigenvalue weighted by Gasteiger charge is -2.28. The predicted octanol–water partition coefficient (Wildman–Crippen LogP) is 3.86. The van der Waals surface area contributed by atoms with Gasteiger partial charge in [-0.05, 0) is 35.4 Å². The van der Waals surface area contributed by atoms with Gasteiger partial charge in [0, 0.05) is 50.4 Å². The Morgan fingerprint density at radius 2 is 1.48 bits per heavy atom. The van der Waals surface area contributed by atoms with Crippen molar-refractivity contribution in [2.45, 2.75) is 13.1 Å². The molecule has 2 N–H and O–H groups in total. The molecule has 0 bridgehead atoms. The van der Waals surface area contributed by atoms with Crippen molar-refractivity contribution in [1.29, 1.82) is 0 Å². The van der Waals surface area contributed by atoms with E-state index in [1.54, 1.807) is 19.2 Å². The molecule has 1 fully saturated rings. The van der Waals surface area contributed by atoms with Gasteiger partial charge in [0.1, 0.15) is 5.82 Å². The smallest absolute Gasteiger partial charge is 0.191 e. The molecule has 3 rings (SSSR count). The van der Waals surface area contributed by atoms with Gasteiger partial charge in [0.15, 0.2) is 5.96 Å². The number of rotatable bonds is 5. The number of nitrogens with zero attached hydrogens (tertiary/aromatic N) is 2. The summed E-state index contributed by atoms with van der Waals surface area (Å²) in [6.45, 7) is 3.56. The summed E-state index contributed by atoms with van der Waals surface area (Å²) in [7, 11) is 1.75. The molecule has 1 aliphatic heterocycles. The molecule has 4 nitrogen and oxygen atoms in total. The van der Waals surface area contributed by atoms with Crippen molar-refractivity contribution in [1.82, 2.24) is 10.6 Å². The number of aliphatic imine (C=N–C) groups is 1. The third-order valence-electron chi connectivity index (χ3n) is 4.37. The van der Waals surface area contributed by atoms with Crippen LogP contribution in [0, 0.1) is 5.82 Å². The van der Waals surface area contributed by atoms with Crippen LogP contribution in [0.25, 0.3) is 0 Å². The Hall–Kier alpha value is -1.48. The molecular weight excluding hydrogens is 474 g/mol. The monoisotopic (exact) mass is 500 g/mol. The van der Waals surface area contributed by atoms with Crippen LogP contribution in [0.15, 0.2) is 53.5 Å². The molecule has 0 aromatic heterocycles. The maximum Gasteiger partial charge on any atom is 0.191 e. The van der Waals surface area contributed by atoms with E-state index in [1.165, 1.54) is 34.9 Å². The lowest BCUT2D eigenvalue weighted by Crippen LogP contribution is -2.36. The van der Waals surface area contributed by atoms with Crippen LogP contribution in [0.2, 0.25) is 0 Å². The van der Waals surface area contributed by atoms with Crippen LogP contribution < -0.4 is 15.5 Å². The average Bonchev–Trinajstić information content (AvgIpc) is 2.70. The zero-order valence-corrected chi connectivity index (χ0v) is 18.6. The number of anilines is 1. The van der Waals surface area contributed by atoms with Crippen molar-refractivity contribution >= 4 is 47.4 Å². The van der Waals surface area contributed by atoms with E-state index in [0.29, 0.717) is 13.1 Å². The van der Waals surface area contributed by atoms with Gasteiger partial charge < -0.3 is 15.5 Å². The molecular formula is C20H26FIN4S. The minimum atomic E-state index is -0.219. The van der Waals surface area contributed by atoms with Crippen LogP contribution in [-0.4, -0.2) is 37.6 Å². The number of thioether (sulfide) groups is 1. The zero-order chi connectivity index (χ0) is 18.2. The molecule has 7 heteroatoms. The molecule has 0 amide bonds. The second-order valence-corrected chi connectivity index (χ2v) is 7.40. The van der Waals surface area contributed by atoms with E-state index in [1.807, 2.05) is 11.8 Å². The number of hydrogen-bond acceptors (Lipinski definition) is 3. The lowest BCUT2D eigenvalue weighted by atomic mass is 10.2. The Kier molecular flexibility index (Phi) is 9.20. The topological polar surface area (TPSA) is 39.7 Å². The molecule has 0 aliphatic carbocycles. The van der Waals surface area contributed by atoms with Gasteiger partial charge in [0.25, 0.3) is 0 Å². The third kappa shape index (κ3) is 6.88. The Bertz CT molecular complexity index is 716. The normalized spacial score (nSPS) is 14.4. The molecule has 146 valence electrons. The molecule has 2 aromatic rings. The van der Waals surface area contributed by atoms with E-state index < -0.39 is 0 Å². The summed E-state index contributed by atoms with van der Waals surface area (Å²) >= 11 is 2.02. The van der Waals surface area contributed by atoms with Crippen LogP contribution in [0.4, 0.5) is 10.1 Å². The second kappa shape index (κ2) is 11.4. The number of guanidine groups is 1. The van der Waals surface area contributed by atoms with Crippen LogP contribution in [-0.2, 0) is 13.1 Å². The fraction of sp³-hybridized carbons (Fsp3) is 0.350. The molecule has 0 unspecified atom stereocenters. The first kappa shape index (κ1) is 21.8. The molecule has 0 spiro atoms. The molecule has 1 saturated heterocycles. The maximum atomic E-state index is 12.9. The molecule has 0 atom stereocenters. The molecule has 0 saturated carbocycles. The van der Waals surface area contributed by atoms with Gasteiger partial charge in [-0.3, -0.25) is 4.99 Å². The Labute approximate surface area is 182 Å². The van der Waals surface area contributed by atoms with Gasteiger partial charge in [0.05, 0.1) is 0 Å². The predicted molar refractivity (Wildman–Crippen MR) is 125 cm³/mol.